The van der Waals surface area contributed by atoms with Crippen LogP contribution in [0.25, 0.3) is 11.3 Å². The Morgan fingerprint density at radius 1 is 1.06 bits per heavy atom. The molecule has 0 amide bonds. The van der Waals surface area contributed by atoms with Crippen LogP contribution in [0.3, 0.4) is 0 Å². The standard InChI is InChI=1S/C25H29F2N7O/c1-15(2)34-9-10-35-24-19(26)11-16(12-21(24)34)23-20(27)14-30-25(32-23)31-22-4-3-18(13-29-22)33-7-5-17(28)6-8-33/h3-4,11-15,17H,5-10,28H2,1-2H3,(H,29,30,31,32). The minimum atomic E-state index is -0.644. The maximum atomic E-state index is 14.9. The second-order valence-corrected chi connectivity index (χ2v) is 9.18. The van der Waals surface area contributed by atoms with Crippen LogP contribution >= 0.6 is 0 Å². The molecule has 0 bridgehead atoms. The summed E-state index contributed by atoms with van der Waals surface area (Å²) >= 11 is 0. The lowest BCUT2D eigenvalue weighted by atomic mass is 10.1. The second-order valence-electron chi connectivity index (χ2n) is 9.18. The normalized spacial score (nSPS) is 16.3. The lowest BCUT2D eigenvalue weighted by molar-refractivity contribution is 0.287. The van der Waals surface area contributed by atoms with E-state index >= 15 is 0 Å². The molecule has 2 aromatic heterocycles. The Kier molecular flexibility index (Phi) is 6.38. The van der Waals surface area contributed by atoms with Crippen molar-refractivity contribution in [1.82, 2.24) is 15.0 Å². The largest absolute Gasteiger partial charge is 0.486 e. The fraction of sp³-hybridized carbons (Fsp3) is 0.400. The Balaban J connectivity index is 1.39. The van der Waals surface area contributed by atoms with E-state index in [-0.39, 0.29) is 29.5 Å². The lowest BCUT2D eigenvalue weighted by Crippen LogP contribution is -2.39. The number of fused-ring (bicyclic) bond motifs is 1. The Morgan fingerprint density at radius 2 is 1.86 bits per heavy atom. The summed E-state index contributed by atoms with van der Waals surface area (Å²) in [7, 11) is 0. The Labute approximate surface area is 203 Å². The molecular weight excluding hydrogens is 452 g/mol. The summed E-state index contributed by atoms with van der Waals surface area (Å²) < 4.78 is 35.2. The van der Waals surface area contributed by atoms with Gasteiger partial charge >= 0.3 is 0 Å². The molecule has 8 nitrogen and oxygen atoms in total. The summed E-state index contributed by atoms with van der Waals surface area (Å²) in [4.78, 5) is 17.1. The maximum Gasteiger partial charge on any atom is 0.229 e. The van der Waals surface area contributed by atoms with Gasteiger partial charge in [-0.05, 0) is 51.0 Å². The summed E-state index contributed by atoms with van der Waals surface area (Å²) in [5.41, 5.74) is 7.91. The number of ether oxygens (including phenoxy) is 1. The van der Waals surface area contributed by atoms with Gasteiger partial charge in [-0.3, -0.25) is 0 Å². The van der Waals surface area contributed by atoms with E-state index in [2.05, 4.69) is 25.2 Å². The van der Waals surface area contributed by atoms with Crippen molar-refractivity contribution in [2.75, 3.05) is 41.4 Å². The number of benzene rings is 1. The average Bonchev–Trinajstić information content (AvgIpc) is 2.86. The molecule has 35 heavy (non-hydrogen) atoms. The van der Waals surface area contributed by atoms with Gasteiger partial charge in [0.1, 0.15) is 18.1 Å². The van der Waals surface area contributed by atoms with Crippen molar-refractivity contribution in [3.63, 3.8) is 0 Å². The molecule has 3 N–H and O–H groups in total. The van der Waals surface area contributed by atoms with E-state index in [1.165, 1.54) is 6.07 Å². The van der Waals surface area contributed by atoms with E-state index in [0.29, 0.717) is 30.2 Å². The molecule has 0 atom stereocenters. The van der Waals surface area contributed by atoms with Gasteiger partial charge in [-0.25, -0.2) is 23.7 Å². The van der Waals surface area contributed by atoms with E-state index in [4.69, 9.17) is 10.5 Å². The number of anilines is 4. The smallest absolute Gasteiger partial charge is 0.229 e. The zero-order chi connectivity index (χ0) is 24.5. The van der Waals surface area contributed by atoms with Crippen LogP contribution in [0, 0.1) is 11.6 Å². The fourth-order valence-electron chi connectivity index (χ4n) is 4.52. The predicted molar refractivity (Wildman–Crippen MR) is 132 cm³/mol. The fourth-order valence-corrected chi connectivity index (χ4v) is 4.52. The Morgan fingerprint density at radius 3 is 2.57 bits per heavy atom. The van der Waals surface area contributed by atoms with Crippen molar-refractivity contribution < 1.29 is 13.5 Å². The molecule has 5 rings (SSSR count). The number of nitrogens with one attached hydrogen (secondary N) is 1. The van der Waals surface area contributed by atoms with Gasteiger partial charge in [-0.15, -0.1) is 0 Å². The molecular formula is C25H29F2N7O. The first kappa shape index (κ1) is 23.2. The third kappa shape index (κ3) is 4.84. The van der Waals surface area contributed by atoms with Crippen molar-refractivity contribution in [3.05, 3.63) is 48.3 Å². The number of aromatic nitrogens is 3. The first-order valence-corrected chi connectivity index (χ1v) is 11.9. The molecule has 0 aliphatic carbocycles. The molecule has 10 heteroatoms. The van der Waals surface area contributed by atoms with Crippen LogP contribution in [0.5, 0.6) is 5.75 Å². The van der Waals surface area contributed by atoms with E-state index in [1.54, 1.807) is 12.3 Å². The number of hydrogen-bond acceptors (Lipinski definition) is 8. The first-order chi connectivity index (χ1) is 16.9. The number of halogens is 2. The highest BCUT2D eigenvalue weighted by Crippen LogP contribution is 2.39. The number of piperidine rings is 1. The van der Waals surface area contributed by atoms with Crippen molar-refractivity contribution in [2.24, 2.45) is 5.73 Å². The van der Waals surface area contributed by atoms with Crippen LogP contribution in [-0.4, -0.2) is 53.3 Å². The molecule has 0 radical (unpaired) electrons. The molecule has 4 heterocycles. The number of hydrogen-bond donors (Lipinski definition) is 2. The number of nitrogens with two attached hydrogens (primary N) is 1. The van der Waals surface area contributed by atoms with E-state index in [0.717, 1.165) is 37.8 Å². The molecule has 1 saturated heterocycles. The predicted octanol–water partition coefficient (Wildman–Crippen LogP) is 4.10. The van der Waals surface area contributed by atoms with Crippen molar-refractivity contribution in [1.29, 1.82) is 0 Å². The molecule has 0 saturated carbocycles. The van der Waals surface area contributed by atoms with Gasteiger partial charge in [0, 0.05) is 30.7 Å². The third-order valence-electron chi connectivity index (χ3n) is 6.45. The van der Waals surface area contributed by atoms with E-state index in [9.17, 15) is 8.78 Å². The Hall–Kier alpha value is -3.53. The molecule has 184 valence electrons. The van der Waals surface area contributed by atoms with Gasteiger partial charge in [0.25, 0.3) is 0 Å². The minimum Gasteiger partial charge on any atom is -0.486 e. The topological polar surface area (TPSA) is 92.4 Å². The Bertz CT molecular complexity index is 1200. The summed E-state index contributed by atoms with van der Waals surface area (Å²) in [6.07, 6.45) is 4.76. The van der Waals surface area contributed by atoms with Crippen molar-refractivity contribution in [2.45, 2.75) is 38.8 Å². The molecule has 3 aromatic rings. The van der Waals surface area contributed by atoms with E-state index < -0.39 is 11.6 Å². The highest BCUT2D eigenvalue weighted by molar-refractivity contribution is 5.73. The van der Waals surface area contributed by atoms with Crippen LogP contribution in [0.4, 0.5) is 31.9 Å². The number of pyridine rings is 1. The SMILES string of the molecule is CC(C)N1CCOc2c(F)cc(-c3nc(Nc4ccc(N5CCC(N)CC5)cn4)ncc3F)cc21. The van der Waals surface area contributed by atoms with Crippen LogP contribution in [0.15, 0.2) is 36.7 Å². The van der Waals surface area contributed by atoms with Gasteiger partial charge in [-0.2, -0.15) is 0 Å². The molecule has 0 unspecified atom stereocenters. The monoisotopic (exact) mass is 481 g/mol. The van der Waals surface area contributed by atoms with Crippen molar-refractivity contribution >= 4 is 23.1 Å². The molecule has 2 aliphatic heterocycles. The molecule has 0 spiro atoms. The summed E-state index contributed by atoms with van der Waals surface area (Å²) in [6, 6.07) is 7.15. The quantitative estimate of drug-likeness (QED) is 0.563. The van der Waals surface area contributed by atoms with Gasteiger partial charge in [0.15, 0.2) is 17.4 Å². The second kappa shape index (κ2) is 9.61. The van der Waals surface area contributed by atoms with Gasteiger partial charge < -0.3 is 25.6 Å². The highest BCUT2D eigenvalue weighted by atomic mass is 19.1. The summed E-state index contributed by atoms with van der Waals surface area (Å²) in [6.45, 7) is 6.86. The lowest BCUT2D eigenvalue weighted by Gasteiger charge is -2.34. The van der Waals surface area contributed by atoms with Crippen molar-refractivity contribution in [3.8, 4) is 17.0 Å². The van der Waals surface area contributed by atoms with Crippen LogP contribution < -0.4 is 25.6 Å². The van der Waals surface area contributed by atoms with E-state index in [1.807, 2.05) is 30.9 Å². The van der Waals surface area contributed by atoms with Crippen LogP contribution in [0.1, 0.15) is 26.7 Å². The number of rotatable bonds is 5. The first-order valence-electron chi connectivity index (χ1n) is 11.9. The zero-order valence-corrected chi connectivity index (χ0v) is 19.8. The maximum absolute atomic E-state index is 14.9. The molecule has 2 aliphatic rings. The van der Waals surface area contributed by atoms with Gasteiger partial charge in [0.05, 0.1) is 30.3 Å². The molecule has 1 fully saturated rings. The zero-order valence-electron chi connectivity index (χ0n) is 19.8. The van der Waals surface area contributed by atoms with Crippen LogP contribution in [0.2, 0.25) is 0 Å². The average molecular weight is 482 g/mol. The third-order valence-corrected chi connectivity index (χ3v) is 6.45. The summed E-state index contributed by atoms with van der Waals surface area (Å²) in [5, 5.41) is 3.02. The van der Waals surface area contributed by atoms with Crippen LogP contribution in [-0.2, 0) is 0 Å². The minimum absolute atomic E-state index is 0.000227. The number of nitrogens with zero attached hydrogens (tertiary/aromatic N) is 5. The van der Waals surface area contributed by atoms with Gasteiger partial charge in [0.2, 0.25) is 5.95 Å². The summed E-state index contributed by atoms with van der Waals surface area (Å²) in [5.74, 6) is -0.321. The highest BCUT2D eigenvalue weighted by Gasteiger charge is 2.26. The van der Waals surface area contributed by atoms with Gasteiger partial charge in [-0.1, -0.05) is 0 Å². The molecule has 1 aromatic carbocycles.